The van der Waals surface area contributed by atoms with Crippen LogP contribution in [0.25, 0.3) is 10.8 Å². The van der Waals surface area contributed by atoms with E-state index in [1.807, 2.05) is 48.5 Å². The molecule has 0 amide bonds. The molecule has 0 radical (unpaired) electrons. The van der Waals surface area contributed by atoms with Crippen LogP contribution in [-0.4, -0.2) is 40.5 Å². The predicted octanol–water partition coefficient (Wildman–Crippen LogP) is 3.91. The summed E-state index contributed by atoms with van der Waals surface area (Å²) in [6.07, 6.45) is 0.856. The van der Waals surface area contributed by atoms with Gasteiger partial charge in [-0.1, -0.05) is 30.3 Å². The minimum atomic E-state index is -3.55. The van der Waals surface area contributed by atoms with E-state index in [2.05, 4.69) is 5.32 Å². The van der Waals surface area contributed by atoms with Crippen LogP contribution in [0, 0.1) is 0 Å². The number of nitrogens with one attached hydrogen (secondary N) is 1. The molecule has 0 heterocycles. The summed E-state index contributed by atoms with van der Waals surface area (Å²) >= 11 is 0. The number of hydrogen-bond acceptors (Lipinski definition) is 7. The first-order chi connectivity index (χ1) is 15.3. The van der Waals surface area contributed by atoms with E-state index in [4.69, 9.17) is 13.7 Å². The quantitative estimate of drug-likeness (QED) is 0.365. The van der Waals surface area contributed by atoms with Crippen molar-refractivity contribution < 1.29 is 26.9 Å². The van der Waals surface area contributed by atoms with Gasteiger partial charge >= 0.3 is 16.1 Å². The van der Waals surface area contributed by atoms with Crippen LogP contribution in [0.5, 0.6) is 5.75 Å². The monoisotopic (exact) mass is 457 g/mol. The number of hydrogen-bond donors (Lipinski definition) is 1. The Kier molecular flexibility index (Phi) is 7.71. The van der Waals surface area contributed by atoms with Crippen molar-refractivity contribution in [2.75, 3.05) is 25.3 Å². The molecule has 3 aromatic rings. The number of methoxy groups -OCH3 is 1. The van der Waals surface area contributed by atoms with Gasteiger partial charge in [-0.2, -0.15) is 8.42 Å². The Morgan fingerprint density at radius 2 is 1.62 bits per heavy atom. The summed E-state index contributed by atoms with van der Waals surface area (Å²) in [6.45, 7) is 2.72. The summed E-state index contributed by atoms with van der Waals surface area (Å²) in [7, 11) is -2.05. The minimum Gasteiger partial charge on any atom is -0.464 e. The Labute approximate surface area is 188 Å². The van der Waals surface area contributed by atoms with Gasteiger partial charge in [0.1, 0.15) is 5.75 Å². The molecular formula is C24H27NO6S. The largest absolute Gasteiger partial charge is 0.464 e. The van der Waals surface area contributed by atoms with E-state index in [9.17, 15) is 13.2 Å². The topological polar surface area (TPSA) is 90.9 Å². The van der Waals surface area contributed by atoms with Crippen LogP contribution in [0.1, 0.15) is 18.1 Å². The Hall–Kier alpha value is -3.10. The maximum absolute atomic E-state index is 11.9. The number of esters is 1. The standard InChI is InChI=1S/C24H27NO6S/c1-4-30-24(26)23(29-2)14-17-6-10-21(11-7-17)25-16-18-5-8-20-15-22(31-32(3,27)28)12-9-19(20)13-18/h5-13,15,23,25H,4,14,16H2,1-3H3/t23-/m0/s1. The van der Waals surface area contributed by atoms with E-state index in [1.165, 1.54) is 7.11 Å². The van der Waals surface area contributed by atoms with Crippen LogP contribution >= 0.6 is 0 Å². The number of rotatable bonds is 10. The Balaban J connectivity index is 1.61. The molecule has 0 aliphatic heterocycles. The predicted molar refractivity (Wildman–Crippen MR) is 124 cm³/mol. The molecule has 0 saturated heterocycles. The zero-order valence-electron chi connectivity index (χ0n) is 18.3. The van der Waals surface area contributed by atoms with Crippen molar-refractivity contribution in [1.29, 1.82) is 0 Å². The Bertz CT molecular complexity index is 1170. The van der Waals surface area contributed by atoms with Gasteiger partial charge < -0.3 is 19.0 Å². The van der Waals surface area contributed by atoms with E-state index in [0.717, 1.165) is 33.8 Å². The van der Waals surface area contributed by atoms with Crippen molar-refractivity contribution in [3.05, 3.63) is 71.8 Å². The molecule has 1 atom stereocenters. The smallest absolute Gasteiger partial charge is 0.335 e. The van der Waals surface area contributed by atoms with Crippen LogP contribution in [0.15, 0.2) is 60.7 Å². The molecule has 1 N–H and O–H groups in total. The zero-order valence-corrected chi connectivity index (χ0v) is 19.1. The molecule has 3 rings (SSSR count). The minimum absolute atomic E-state index is 0.296. The average molecular weight is 458 g/mol. The van der Waals surface area contributed by atoms with Gasteiger partial charge in [0.05, 0.1) is 12.9 Å². The lowest BCUT2D eigenvalue weighted by molar-refractivity contribution is -0.154. The molecule has 0 aromatic heterocycles. The van der Waals surface area contributed by atoms with Gasteiger partial charge in [-0.05, 0) is 59.2 Å². The van der Waals surface area contributed by atoms with Gasteiger partial charge in [-0.25, -0.2) is 4.79 Å². The highest BCUT2D eigenvalue weighted by molar-refractivity contribution is 7.86. The third-order valence-corrected chi connectivity index (χ3v) is 5.32. The van der Waals surface area contributed by atoms with Crippen molar-refractivity contribution in [3.63, 3.8) is 0 Å². The fraction of sp³-hybridized carbons (Fsp3) is 0.292. The number of anilines is 1. The summed E-state index contributed by atoms with van der Waals surface area (Å²) in [5.74, 6) is -0.0619. The molecule has 7 nitrogen and oxygen atoms in total. The molecule has 3 aromatic carbocycles. The van der Waals surface area contributed by atoms with E-state index in [0.29, 0.717) is 25.3 Å². The SMILES string of the molecule is CCOC(=O)[C@H](Cc1ccc(NCc2ccc3cc(OS(C)(=O)=O)ccc3c2)cc1)OC. The third kappa shape index (κ3) is 6.70. The summed E-state index contributed by atoms with van der Waals surface area (Å²) in [5.41, 5.74) is 3.02. The zero-order chi connectivity index (χ0) is 23.1. The second-order valence-corrected chi connectivity index (χ2v) is 8.94. The summed E-state index contributed by atoms with van der Waals surface area (Å²) in [5, 5.41) is 5.27. The molecule has 0 spiro atoms. The Morgan fingerprint density at radius 3 is 2.28 bits per heavy atom. The van der Waals surface area contributed by atoms with Crippen molar-refractivity contribution >= 4 is 32.5 Å². The number of carbonyl (C=O) groups is 1. The van der Waals surface area contributed by atoms with E-state index in [1.54, 1.807) is 19.1 Å². The highest BCUT2D eigenvalue weighted by Gasteiger charge is 2.19. The normalized spacial score (nSPS) is 12.3. The first-order valence-electron chi connectivity index (χ1n) is 10.2. The molecule has 0 bridgehead atoms. The molecule has 0 aliphatic rings. The fourth-order valence-corrected chi connectivity index (χ4v) is 3.74. The number of carbonyl (C=O) groups excluding carboxylic acids is 1. The van der Waals surface area contributed by atoms with Gasteiger partial charge in [-0.3, -0.25) is 0 Å². The van der Waals surface area contributed by atoms with Crippen molar-refractivity contribution in [2.45, 2.75) is 26.0 Å². The van der Waals surface area contributed by atoms with Gasteiger partial charge in [-0.15, -0.1) is 0 Å². The Morgan fingerprint density at radius 1 is 0.969 bits per heavy atom. The van der Waals surface area contributed by atoms with Crippen LogP contribution in [-0.2, 0) is 37.4 Å². The van der Waals surface area contributed by atoms with Gasteiger partial charge in [0.15, 0.2) is 6.10 Å². The van der Waals surface area contributed by atoms with Gasteiger partial charge in [0, 0.05) is 25.8 Å². The second kappa shape index (κ2) is 10.5. The van der Waals surface area contributed by atoms with E-state index >= 15 is 0 Å². The number of fused-ring (bicyclic) bond motifs is 1. The molecule has 0 fully saturated rings. The van der Waals surface area contributed by atoms with Crippen molar-refractivity contribution in [2.24, 2.45) is 0 Å². The highest BCUT2D eigenvalue weighted by atomic mass is 32.2. The molecular weight excluding hydrogens is 430 g/mol. The highest BCUT2D eigenvalue weighted by Crippen LogP contribution is 2.23. The summed E-state index contributed by atoms with van der Waals surface area (Å²) in [4.78, 5) is 11.9. The van der Waals surface area contributed by atoms with Gasteiger partial charge in [0.2, 0.25) is 0 Å². The lowest BCUT2D eigenvalue weighted by Gasteiger charge is -2.14. The number of benzene rings is 3. The summed E-state index contributed by atoms with van der Waals surface area (Å²) in [6, 6.07) is 19.0. The van der Waals surface area contributed by atoms with Crippen LogP contribution in [0.3, 0.4) is 0 Å². The lowest BCUT2D eigenvalue weighted by Crippen LogP contribution is -2.27. The molecule has 0 aliphatic carbocycles. The molecule has 0 saturated carbocycles. The lowest BCUT2D eigenvalue weighted by atomic mass is 10.1. The number of ether oxygens (including phenoxy) is 2. The van der Waals surface area contributed by atoms with E-state index in [-0.39, 0.29) is 5.97 Å². The maximum Gasteiger partial charge on any atom is 0.335 e. The molecule has 8 heteroatoms. The van der Waals surface area contributed by atoms with E-state index < -0.39 is 16.2 Å². The van der Waals surface area contributed by atoms with Crippen LogP contribution in [0.2, 0.25) is 0 Å². The first-order valence-corrected chi connectivity index (χ1v) is 12.0. The van der Waals surface area contributed by atoms with Crippen LogP contribution in [0.4, 0.5) is 5.69 Å². The third-order valence-electron chi connectivity index (χ3n) is 4.83. The maximum atomic E-state index is 11.9. The fourth-order valence-electron chi connectivity index (χ4n) is 3.28. The van der Waals surface area contributed by atoms with Gasteiger partial charge in [0.25, 0.3) is 0 Å². The van der Waals surface area contributed by atoms with Crippen molar-refractivity contribution in [1.82, 2.24) is 0 Å². The van der Waals surface area contributed by atoms with Crippen LogP contribution < -0.4 is 9.50 Å². The van der Waals surface area contributed by atoms with Crippen molar-refractivity contribution in [3.8, 4) is 5.75 Å². The summed E-state index contributed by atoms with van der Waals surface area (Å²) < 4.78 is 37.8. The second-order valence-electron chi connectivity index (χ2n) is 7.36. The molecule has 0 unspecified atom stereocenters. The average Bonchev–Trinajstić information content (AvgIpc) is 2.75. The first kappa shape index (κ1) is 23.6. The molecule has 32 heavy (non-hydrogen) atoms. The molecule has 170 valence electrons.